The maximum absolute atomic E-state index is 5.73. The highest BCUT2D eigenvalue weighted by Gasteiger charge is 2.09. The van der Waals surface area contributed by atoms with Gasteiger partial charge in [0.1, 0.15) is 11.8 Å². The SMILES string of the molecule is Cc1cn[nH]c1Cn1cnc2c(N)ncnc21. The first kappa shape index (κ1) is 9.76. The van der Waals surface area contributed by atoms with Gasteiger partial charge in [0.15, 0.2) is 11.5 Å². The third-order valence-electron chi connectivity index (χ3n) is 2.69. The fraction of sp³-hybridized carbons (Fsp3) is 0.200. The Morgan fingerprint density at radius 3 is 3.00 bits per heavy atom. The molecule has 7 nitrogen and oxygen atoms in total. The van der Waals surface area contributed by atoms with E-state index in [-0.39, 0.29) is 0 Å². The monoisotopic (exact) mass is 229 g/mol. The number of hydrogen-bond acceptors (Lipinski definition) is 5. The number of nitrogens with two attached hydrogens (primary N) is 1. The van der Waals surface area contributed by atoms with Gasteiger partial charge in [-0.25, -0.2) is 15.0 Å². The molecule has 0 saturated carbocycles. The summed E-state index contributed by atoms with van der Waals surface area (Å²) in [6.07, 6.45) is 4.93. The lowest BCUT2D eigenvalue weighted by molar-refractivity contribution is 0.777. The van der Waals surface area contributed by atoms with Crippen molar-refractivity contribution in [2.24, 2.45) is 0 Å². The van der Waals surface area contributed by atoms with Gasteiger partial charge in [-0.2, -0.15) is 5.10 Å². The van der Waals surface area contributed by atoms with Gasteiger partial charge in [-0.3, -0.25) is 5.10 Å². The van der Waals surface area contributed by atoms with Gasteiger partial charge in [0.2, 0.25) is 0 Å². The van der Waals surface area contributed by atoms with Crippen LogP contribution in [0.2, 0.25) is 0 Å². The predicted octanol–water partition coefficient (Wildman–Crippen LogP) is 0.488. The van der Waals surface area contributed by atoms with Crippen LogP contribution in [0.1, 0.15) is 11.3 Å². The molecule has 0 unspecified atom stereocenters. The lowest BCUT2D eigenvalue weighted by Crippen LogP contribution is -2.02. The first-order chi connectivity index (χ1) is 8.25. The van der Waals surface area contributed by atoms with Crippen LogP contribution in [-0.2, 0) is 6.54 Å². The summed E-state index contributed by atoms with van der Waals surface area (Å²) in [5.41, 5.74) is 9.22. The third-order valence-corrected chi connectivity index (χ3v) is 2.69. The third kappa shape index (κ3) is 1.52. The van der Waals surface area contributed by atoms with Crippen molar-refractivity contribution >= 4 is 17.0 Å². The van der Waals surface area contributed by atoms with Crippen molar-refractivity contribution in [1.29, 1.82) is 0 Å². The van der Waals surface area contributed by atoms with Crippen molar-refractivity contribution < 1.29 is 0 Å². The second-order valence-corrected chi connectivity index (χ2v) is 3.84. The number of imidazole rings is 1. The fourth-order valence-electron chi connectivity index (χ4n) is 1.72. The maximum atomic E-state index is 5.73. The van der Waals surface area contributed by atoms with Gasteiger partial charge in [0.25, 0.3) is 0 Å². The number of nitrogens with zero attached hydrogens (tertiary/aromatic N) is 5. The van der Waals surface area contributed by atoms with Gasteiger partial charge in [0, 0.05) is 0 Å². The number of rotatable bonds is 2. The van der Waals surface area contributed by atoms with Gasteiger partial charge in [-0.15, -0.1) is 0 Å². The molecule has 0 bridgehead atoms. The zero-order valence-electron chi connectivity index (χ0n) is 9.25. The normalized spacial score (nSPS) is 11.1. The second-order valence-electron chi connectivity index (χ2n) is 3.84. The largest absolute Gasteiger partial charge is 0.382 e. The molecule has 3 aromatic rings. The van der Waals surface area contributed by atoms with Crippen LogP contribution in [0.25, 0.3) is 11.2 Å². The van der Waals surface area contributed by atoms with E-state index in [4.69, 9.17) is 5.73 Å². The van der Waals surface area contributed by atoms with Gasteiger partial charge in [-0.1, -0.05) is 0 Å². The lowest BCUT2D eigenvalue weighted by atomic mass is 10.3. The Morgan fingerprint density at radius 2 is 2.24 bits per heavy atom. The molecular weight excluding hydrogens is 218 g/mol. The smallest absolute Gasteiger partial charge is 0.165 e. The van der Waals surface area contributed by atoms with Crippen molar-refractivity contribution in [3.05, 3.63) is 30.1 Å². The van der Waals surface area contributed by atoms with Crippen molar-refractivity contribution in [3.63, 3.8) is 0 Å². The van der Waals surface area contributed by atoms with Crippen LogP contribution < -0.4 is 5.73 Å². The summed E-state index contributed by atoms with van der Waals surface area (Å²) in [4.78, 5) is 12.3. The fourth-order valence-corrected chi connectivity index (χ4v) is 1.72. The summed E-state index contributed by atoms with van der Waals surface area (Å²) < 4.78 is 1.91. The van der Waals surface area contributed by atoms with Crippen LogP contribution in [0.5, 0.6) is 0 Å². The standard InChI is InChI=1S/C10H11N7/c1-6-2-15-16-7(6)3-17-5-14-8-9(11)12-4-13-10(8)17/h2,4-5H,3H2,1H3,(H,15,16)(H2,11,12,13). The van der Waals surface area contributed by atoms with Crippen molar-refractivity contribution in [2.45, 2.75) is 13.5 Å². The van der Waals surface area contributed by atoms with Crippen LogP contribution in [-0.4, -0.2) is 29.7 Å². The number of aromatic nitrogens is 6. The Morgan fingerprint density at radius 1 is 1.35 bits per heavy atom. The number of anilines is 1. The molecule has 17 heavy (non-hydrogen) atoms. The lowest BCUT2D eigenvalue weighted by Gasteiger charge is -2.02. The quantitative estimate of drug-likeness (QED) is 0.666. The van der Waals surface area contributed by atoms with E-state index in [1.807, 2.05) is 11.5 Å². The number of aromatic amines is 1. The molecule has 86 valence electrons. The number of nitrogen functional groups attached to an aromatic ring is 1. The number of hydrogen-bond donors (Lipinski definition) is 2. The highest BCUT2D eigenvalue weighted by molar-refractivity contribution is 5.81. The van der Waals surface area contributed by atoms with E-state index in [0.29, 0.717) is 17.9 Å². The molecule has 0 spiro atoms. The van der Waals surface area contributed by atoms with Gasteiger partial charge < -0.3 is 10.3 Å². The number of H-pyrrole nitrogens is 1. The maximum Gasteiger partial charge on any atom is 0.165 e. The molecule has 3 rings (SSSR count). The van der Waals surface area contributed by atoms with Crippen molar-refractivity contribution in [1.82, 2.24) is 29.7 Å². The zero-order valence-corrected chi connectivity index (χ0v) is 9.25. The Hall–Kier alpha value is -2.44. The molecule has 7 heteroatoms. The minimum absolute atomic E-state index is 0.398. The van der Waals surface area contributed by atoms with E-state index in [2.05, 4.69) is 25.1 Å². The molecule has 0 amide bonds. The summed E-state index contributed by atoms with van der Waals surface area (Å²) in [6, 6.07) is 0. The predicted molar refractivity (Wildman–Crippen MR) is 62.2 cm³/mol. The molecule has 0 aromatic carbocycles. The molecule has 3 heterocycles. The average molecular weight is 229 g/mol. The minimum atomic E-state index is 0.398. The van der Waals surface area contributed by atoms with E-state index in [1.165, 1.54) is 6.33 Å². The summed E-state index contributed by atoms with van der Waals surface area (Å²) in [5.74, 6) is 0.398. The molecule has 0 atom stereocenters. The Labute approximate surface area is 96.7 Å². The summed E-state index contributed by atoms with van der Waals surface area (Å²) in [6.45, 7) is 2.64. The minimum Gasteiger partial charge on any atom is -0.382 e. The molecule has 0 aliphatic rings. The van der Waals surface area contributed by atoms with Gasteiger partial charge in [-0.05, 0) is 12.5 Å². The van der Waals surface area contributed by atoms with Crippen molar-refractivity contribution in [2.75, 3.05) is 5.73 Å². The Kier molecular flexibility index (Phi) is 2.04. The summed E-state index contributed by atoms with van der Waals surface area (Å²) >= 11 is 0. The molecule has 0 radical (unpaired) electrons. The molecule has 0 fully saturated rings. The number of aryl methyl sites for hydroxylation is 1. The Balaban J connectivity index is 2.07. The second kappa shape index (κ2) is 3.55. The Bertz CT molecular complexity index is 666. The van der Waals surface area contributed by atoms with Crippen LogP contribution >= 0.6 is 0 Å². The van der Waals surface area contributed by atoms with Crippen LogP contribution in [0.3, 0.4) is 0 Å². The van der Waals surface area contributed by atoms with Crippen LogP contribution in [0.15, 0.2) is 18.9 Å². The topological polar surface area (TPSA) is 98.3 Å². The van der Waals surface area contributed by atoms with E-state index in [0.717, 1.165) is 16.9 Å². The number of nitrogens with one attached hydrogen (secondary N) is 1. The van der Waals surface area contributed by atoms with Gasteiger partial charge >= 0.3 is 0 Å². The van der Waals surface area contributed by atoms with E-state index < -0.39 is 0 Å². The average Bonchev–Trinajstić information content (AvgIpc) is 2.89. The molecule has 0 saturated heterocycles. The van der Waals surface area contributed by atoms with Crippen molar-refractivity contribution in [3.8, 4) is 0 Å². The molecule has 0 aliphatic carbocycles. The van der Waals surface area contributed by atoms with E-state index in [1.54, 1.807) is 12.5 Å². The van der Waals surface area contributed by atoms with E-state index in [9.17, 15) is 0 Å². The summed E-state index contributed by atoms with van der Waals surface area (Å²) in [5, 5.41) is 6.93. The number of fused-ring (bicyclic) bond motifs is 1. The van der Waals surface area contributed by atoms with Crippen LogP contribution in [0.4, 0.5) is 5.82 Å². The zero-order chi connectivity index (χ0) is 11.8. The van der Waals surface area contributed by atoms with Crippen LogP contribution in [0, 0.1) is 6.92 Å². The first-order valence-corrected chi connectivity index (χ1v) is 5.16. The summed E-state index contributed by atoms with van der Waals surface area (Å²) in [7, 11) is 0. The molecule has 3 aromatic heterocycles. The molecule has 0 aliphatic heterocycles. The highest BCUT2D eigenvalue weighted by Crippen LogP contribution is 2.15. The first-order valence-electron chi connectivity index (χ1n) is 5.16. The molecule has 3 N–H and O–H groups in total. The molecular formula is C10H11N7. The van der Waals surface area contributed by atoms with E-state index >= 15 is 0 Å². The van der Waals surface area contributed by atoms with Gasteiger partial charge in [0.05, 0.1) is 24.8 Å². The highest BCUT2D eigenvalue weighted by atomic mass is 15.2.